The molecular formula is C30H41N3O4S. The van der Waals surface area contributed by atoms with Crippen LogP contribution in [0.1, 0.15) is 90.7 Å². The Morgan fingerprint density at radius 2 is 1.58 bits per heavy atom. The van der Waals surface area contributed by atoms with E-state index in [1.165, 1.54) is 0 Å². The molecule has 7 nitrogen and oxygen atoms in total. The molecule has 0 aliphatic carbocycles. The van der Waals surface area contributed by atoms with Crippen LogP contribution in [0, 0.1) is 0 Å². The lowest BCUT2D eigenvalue weighted by Gasteiger charge is -2.21. The van der Waals surface area contributed by atoms with Crippen molar-refractivity contribution in [2.75, 3.05) is 0 Å². The van der Waals surface area contributed by atoms with E-state index in [1.54, 1.807) is 11.0 Å². The van der Waals surface area contributed by atoms with Crippen molar-refractivity contribution < 1.29 is 18.0 Å². The predicted molar refractivity (Wildman–Crippen MR) is 152 cm³/mol. The standard InChI is InChI=1S/C30H41N3O4S/c1-6-9-10-13-28(34)32-38(36,37)26-20-22(11-7-2)16-19-25(26)24-17-14-23(15-18-24)21-33-27(12-8-3)31-30(4,5)29(33)35/h14-20H,6-13,21H2,1-5H3,(H,32,34). The van der Waals surface area contributed by atoms with Crippen molar-refractivity contribution in [3.8, 4) is 11.1 Å². The molecule has 0 saturated carbocycles. The maximum Gasteiger partial charge on any atom is 0.264 e. The highest BCUT2D eigenvalue weighted by molar-refractivity contribution is 7.90. The molecule has 2 amide bonds. The van der Waals surface area contributed by atoms with Gasteiger partial charge in [-0.05, 0) is 55.9 Å². The fourth-order valence-corrected chi connectivity index (χ4v) is 5.98. The van der Waals surface area contributed by atoms with Crippen LogP contribution in [0.15, 0.2) is 52.4 Å². The number of carbonyl (C=O) groups excluding carboxylic acids is 2. The maximum absolute atomic E-state index is 13.3. The summed E-state index contributed by atoms with van der Waals surface area (Å²) in [6.45, 7) is 10.2. The first-order valence-electron chi connectivity index (χ1n) is 13.7. The molecule has 0 spiro atoms. The second-order valence-corrected chi connectivity index (χ2v) is 12.1. The molecule has 0 saturated heterocycles. The molecule has 1 aliphatic rings. The van der Waals surface area contributed by atoms with Crippen molar-refractivity contribution in [1.29, 1.82) is 0 Å². The molecule has 2 aromatic rings. The molecule has 1 N–H and O–H groups in total. The van der Waals surface area contributed by atoms with E-state index in [2.05, 4.69) is 16.6 Å². The quantitative estimate of drug-likeness (QED) is 0.315. The Balaban J connectivity index is 1.89. The summed E-state index contributed by atoms with van der Waals surface area (Å²) in [5.74, 6) is 0.309. The molecule has 2 aromatic carbocycles. The second-order valence-electron chi connectivity index (χ2n) is 10.5. The third-order valence-electron chi connectivity index (χ3n) is 6.70. The number of unbranched alkanes of at least 4 members (excludes halogenated alkanes) is 2. The molecule has 0 unspecified atom stereocenters. The Hall–Kier alpha value is -3.00. The molecule has 0 aromatic heterocycles. The Morgan fingerprint density at radius 3 is 2.21 bits per heavy atom. The molecule has 0 atom stereocenters. The van der Waals surface area contributed by atoms with Gasteiger partial charge in [0.2, 0.25) is 5.91 Å². The Labute approximate surface area is 227 Å². The van der Waals surface area contributed by atoms with Crippen LogP contribution >= 0.6 is 0 Å². The highest BCUT2D eigenvalue weighted by Crippen LogP contribution is 2.31. The average Bonchev–Trinajstić information content (AvgIpc) is 3.07. The van der Waals surface area contributed by atoms with E-state index in [1.807, 2.05) is 64.1 Å². The number of hydrogen-bond acceptors (Lipinski definition) is 5. The number of benzene rings is 2. The van der Waals surface area contributed by atoms with Gasteiger partial charge in [0.15, 0.2) is 0 Å². The van der Waals surface area contributed by atoms with Crippen molar-refractivity contribution in [3.05, 3.63) is 53.6 Å². The summed E-state index contributed by atoms with van der Waals surface area (Å²) in [4.78, 5) is 31.8. The van der Waals surface area contributed by atoms with Gasteiger partial charge >= 0.3 is 0 Å². The van der Waals surface area contributed by atoms with E-state index in [0.717, 1.165) is 61.1 Å². The third-order valence-corrected chi connectivity index (χ3v) is 8.11. The molecule has 38 heavy (non-hydrogen) atoms. The highest BCUT2D eigenvalue weighted by Gasteiger charge is 2.40. The zero-order chi connectivity index (χ0) is 27.9. The Kier molecular flexibility index (Phi) is 9.88. The lowest BCUT2D eigenvalue weighted by atomic mass is 10.0. The molecule has 1 heterocycles. The number of aliphatic imine (C=N–C) groups is 1. The monoisotopic (exact) mass is 539 g/mol. The first kappa shape index (κ1) is 29.6. The largest absolute Gasteiger partial charge is 0.294 e. The molecular weight excluding hydrogens is 498 g/mol. The van der Waals surface area contributed by atoms with Gasteiger partial charge in [0.05, 0.1) is 11.4 Å². The minimum Gasteiger partial charge on any atom is -0.294 e. The lowest BCUT2D eigenvalue weighted by molar-refractivity contribution is -0.130. The van der Waals surface area contributed by atoms with Crippen LogP contribution in [0.2, 0.25) is 0 Å². The van der Waals surface area contributed by atoms with Crippen LogP contribution in [0.4, 0.5) is 0 Å². The first-order valence-corrected chi connectivity index (χ1v) is 15.2. The second kappa shape index (κ2) is 12.7. The number of nitrogens with zero attached hydrogens (tertiary/aromatic N) is 2. The number of aryl methyl sites for hydroxylation is 1. The van der Waals surface area contributed by atoms with Gasteiger partial charge in [-0.15, -0.1) is 0 Å². The topological polar surface area (TPSA) is 95.9 Å². The van der Waals surface area contributed by atoms with Gasteiger partial charge in [0.1, 0.15) is 11.4 Å². The summed E-state index contributed by atoms with van der Waals surface area (Å²) in [6.07, 6.45) is 5.94. The minimum atomic E-state index is -4.05. The van der Waals surface area contributed by atoms with E-state index >= 15 is 0 Å². The van der Waals surface area contributed by atoms with Gasteiger partial charge < -0.3 is 0 Å². The zero-order valence-corrected chi connectivity index (χ0v) is 24.2. The SMILES string of the molecule is CCCCCC(=O)NS(=O)(=O)c1cc(CCC)ccc1-c1ccc(CN2C(=O)C(C)(C)N=C2CCC)cc1. The van der Waals surface area contributed by atoms with Crippen LogP contribution < -0.4 is 4.72 Å². The number of amides is 2. The number of nitrogens with one attached hydrogen (secondary N) is 1. The molecule has 206 valence electrons. The zero-order valence-electron chi connectivity index (χ0n) is 23.3. The van der Waals surface area contributed by atoms with E-state index in [0.29, 0.717) is 18.5 Å². The van der Waals surface area contributed by atoms with Crippen molar-refractivity contribution in [3.63, 3.8) is 0 Å². The lowest BCUT2D eigenvalue weighted by Crippen LogP contribution is -2.38. The number of rotatable bonds is 13. The summed E-state index contributed by atoms with van der Waals surface area (Å²) in [7, 11) is -4.05. The third kappa shape index (κ3) is 7.10. The Bertz CT molecular complexity index is 1280. The highest BCUT2D eigenvalue weighted by atomic mass is 32.2. The smallest absolute Gasteiger partial charge is 0.264 e. The van der Waals surface area contributed by atoms with Gasteiger partial charge in [-0.2, -0.15) is 0 Å². The maximum atomic E-state index is 13.3. The predicted octanol–water partition coefficient (Wildman–Crippen LogP) is 6.01. The summed E-state index contributed by atoms with van der Waals surface area (Å²) in [6, 6.07) is 13.0. The van der Waals surface area contributed by atoms with Crippen LogP contribution in [-0.2, 0) is 32.6 Å². The van der Waals surface area contributed by atoms with Crippen LogP contribution in [0.5, 0.6) is 0 Å². The minimum absolute atomic E-state index is 0.0143. The average molecular weight is 540 g/mol. The Morgan fingerprint density at radius 1 is 0.921 bits per heavy atom. The van der Waals surface area contributed by atoms with Gasteiger partial charge in [0, 0.05) is 18.4 Å². The van der Waals surface area contributed by atoms with E-state index in [4.69, 9.17) is 0 Å². The molecule has 1 aliphatic heterocycles. The van der Waals surface area contributed by atoms with E-state index in [9.17, 15) is 18.0 Å². The molecule has 0 bridgehead atoms. The molecule has 0 radical (unpaired) electrons. The van der Waals surface area contributed by atoms with Crippen molar-refractivity contribution in [2.45, 2.75) is 103 Å². The van der Waals surface area contributed by atoms with Gasteiger partial charge in [-0.3, -0.25) is 19.5 Å². The van der Waals surface area contributed by atoms with Gasteiger partial charge in [0.25, 0.3) is 15.9 Å². The normalized spacial score (nSPS) is 15.0. The molecule has 3 rings (SSSR count). The summed E-state index contributed by atoms with van der Waals surface area (Å²) in [5, 5.41) is 0. The van der Waals surface area contributed by atoms with E-state index < -0.39 is 21.5 Å². The van der Waals surface area contributed by atoms with Crippen LogP contribution in [-0.4, -0.2) is 36.5 Å². The van der Waals surface area contributed by atoms with Gasteiger partial charge in [-0.1, -0.05) is 76.4 Å². The summed E-state index contributed by atoms with van der Waals surface area (Å²) < 4.78 is 28.9. The fraction of sp³-hybridized carbons (Fsp3) is 0.500. The van der Waals surface area contributed by atoms with E-state index in [-0.39, 0.29) is 17.2 Å². The molecule has 8 heteroatoms. The van der Waals surface area contributed by atoms with Crippen molar-refractivity contribution >= 4 is 27.7 Å². The summed E-state index contributed by atoms with van der Waals surface area (Å²) in [5.41, 5.74) is 2.35. The van der Waals surface area contributed by atoms with Gasteiger partial charge in [-0.25, -0.2) is 13.1 Å². The number of sulfonamides is 1. The number of carbonyl (C=O) groups is 2. The first-order chi connectivity index (χ1) is 18.0. The molecule has 0 fully saturated rings. The number of amidine groups is 1. The fourth-order valence-electron chi connectivity index (χ4n) is 4.69. The number of hydrogen-bond donors (Lipinski definition) is 1. The van der Waals surface area contributed by atoms with Crippen LogP contribution in [0.25, 0.3) is 11.1 Å². The van der Waals surface area contributed by atoms with Crippen molar-refractivity contribution in [2.24, 2.45) is 4.99 Å². The van der Waals surface area contributed by atoms with Crippen LogP contribution in [0.3, 0.4) is 0 Å². The summed E-state index contributed by atoms with van der Waals surface area (Å²) >= 11 is 0. The van der Waals surface area contributed by atoms with Crippen molar-refractivity contribution in [1.82, 2.24) is 9.62 Å².